The number of benzene rings is 1. The molecule has 1 aliphatic carbocycles. The topological polar surface area (TPSA) is 74.6 Å². The van der Waals surface area contributed by atoms with E-state index in [1.54, 1.807) is 6.92 Å². The summed E-state index contributed by atoms with van der Waals surface area (Å²) in [6, 6.07) is 9.14. The second-order valence-corrected chi connectivity index (χ2v) is 9.47. The first kappa shape index (κ1) is 18.2. The number of aliphatic carboxylic acids is 1. The van der Waals surface area contributed by atoms with Gasteiger partial charge in [-0.25, -0.2) is 0 Å². The monoisotopic (exact) mass is 338 g/mol. The lowest BCUT2D eigenvalue weighted by atomic mass is 9.82. The van der Waals surface area contributed by atoms with Crippen LogP contribution in [-0.2, 0) is 15.5 Å². The molecule has 3 unspecified atom stereocenters. The fourth-order valence-electron chi connectivity index (χ4n) is 3.56. The van der Waals surface area contributed by atoms with Crippen LogP contribution < -0.4 is 0 Å². The van der Waals surface area contributed by atoms with E-state index in [9.17, 15) is 19.4 Å². The molecule has 4 nitrogen and oxygen atoms in total. The first-order chi connectivity index (χ1) is 10.9. The van der Waals surface area contributed by atoms with E-state index in [0.29, 0.717) is 12.3 Å². The molecule has 0 amide bonds. The van der Waals surface area contributed by atoms with E-state index in [1.165, 1.54) is 6.42 Å². The highest BCUT2D eigenvalue weighted by atomic mass is 31.2. The van der Waals surface area contributed by atoms with Gasteiger partial charge in [-0.2, -0.15) is 0 Å². The van der Waals surface area contributed by atoms with Crippen molar-refractivity contribution >= 4 is 13.3 Å². The molecule has 3 atom stereocenters. The van der Waals surface area contributed by atoms with Crippen LogP contribution in [0.5, 0.6) is 0 Å². The maximum atomic E-state index is 12.8. The van der Waals surface area contributed by atoms with Crippen LogP contribution in [0.25, 0.3) is 0 Å². The number of carboxylic acid groups (broad SMARTS) is 1. The zero-order valence-electron chi connectivity index (χ0n) is 13.7. The van der Waals surface area contributed by atoms with Crippen molar-refractivity contribution in [3.05, 3.63) is 35.9 Å². The molecule has 1 aromatic carbocycles. The molecule has 0 aromatic heterocycles. The van der Waals surface area contributed by atoms with Gasteiger partial charge in [0.1, 0.15) is 0 Å². The molecule has 2 rings (SSSR count). The summed E-state index contributed by atoms with van der Waals surface area (Å²) in [6.07, 6.45) is 6.17. The minimum absolute atomic E-state index is 0.0451. The molecule has 0 bridgehead atoms. The van der Waals surface area contributed by atoms with E-state index >= 15 is 0 Å². The van der Waals surface area contributed by atoms with Crippen LogP contribution in [0.3, 0.4) is 0 Å². The van der Waals surface area contributed by atoms with Gasteiger partial charge in [0, 0.05) is 11.8 Å². The standard InChI is InChI=1S/C18H27O4P/c1-14(23(21,22)13-16-10-6-3-7-11-16)17(18(19)20)12-15-8-4-2-5-9-15/h3,6-7,10-11,14-15,17H,2,4-5,8-9,12-13H2,1H3,(H,19,20)(H,21,22). The third-order valence-electron chi connectivity index (χ3n) is 5.10. The Balaban J connectivity index is 2.07. The third-order valence-corrected chi connectivity index (χ3v) is 7.55. The molecule has 23 heavy (non-hydrogen) atoms. The van der Waals surface area contributed by atoms with E-state index in [2.05, 4.69) is 0 Å². The average Bonchev–Trinajstić information content (AvgIpc) is 2.53. The van der Waals surface area contributed by atoms with Crippen LogP contribution in [0.15, 0.2) is 30.3 Å². The second-order valence-electron chi connectivity index (χ2n) is 6.82. The molecule has 0 radical (unpaired) electrons. The summed E-state index contributed by atoms with van der Waals surface area (Å²) < 4.78 is 12.8. The lowest BCUT2D eigenvalue weighted by Gasteiger charge is -2.30. The van der Waals surface area contributed by atoms with Crippen LogP contribution >= 0.6 is 7.37 Å². The van der Waals surface area contributed by atoms with Crippen molar-refractivity contribution in [2.24, 2.45) is 11.8 Å². The van der Waals surface area contributed by atoms with Crippen LogP contribution in [-0.4, -0.2) is 21.6 Å². The van der Waals surface area contributed by atoms with Crippen molar-refractivity contribution in [3.8, 4) is 0 Å². The summed E-state index contributed by atoms with van der Waals surface area (Å²) in [6.45, 7) is 1.63. The fraction of sp³-hybridized carbons (Fsp3) is 0.611. The highest BCUT2D eigenvalue weighted by molar-refractivity contribution is 7.58. The molecule has 1 fully saturated rings. The summed E-state index contributed by atoms with van der Waals surface area (Å²) in [7, 11) is -3.56. The van der Waals surface area contributed by atoms with E-state index in [4.69, 9.17) is 0 Å². The van der Waals surface area contributed by atoms with Gasteiger partial charge < -0.3 is 10.00 Å². The summed E-state index contributed by atoms with van der Waals surface area (Å²) >= 11 is 0. The normalized spacial score (nSPS) is 21.3. The summed E-state index contributed by atoms with van der Waals surface area (Å²) in [5, 5.41) is 9.57. The van der Waals surface area contributed by atoms with E-state index in [-0.39, 0.29) is 6.16 Å². The van der Waals surface area contributed by atoms with Crippen LogP contribution in [0.4, 0.5) is 0 Å². The van der Waals surface area contributed by atoms with Gasteiger partial charge in [-0.3, -0.25) is 9.36 Å². The van der Waals surface area contributed by atoms with E-state index in [0.717, 1.165) is 31.2 Å². The lowest BCUT2D eigenvalue weighted by molar-refractivity contribution is -0.142. The van der Waals surface area contributed by atoms with Gasteiger partial charge in [0.05, 0.1) is 5.92 Å². The first-order valence-corrected chi connectivity index (χ1v) is 10.4. The maximum absolute atomic E-state index is 12.8. The molecule has 2 N–H and O–H groups in total. The lowest BCUT2D eigenvalue weighted by Crippen LogP contribution is -2.29. The fourth-order valence-corrected chi connectivity index (χ4v) is 5.39. The number of carboxylic acids is 1. The Morgan fingerprint density at radius 2 is 1.83 bits per heavy atom. The molecular formula is C18H27O4P. The first-order valence-electron chi connectivity index (χ1n) is 8.48. The zero-order chi connectivity index (χ0) is 16.9. The Kier molecular flexibility index (Phi) is 6.43. The molecule has 1 saturated carbocycles. The quantitative estimate of drug-likeness (QED) is 0.717. The highest BCUT2D eigenvalue weighted by Gasteiger charge is 2.39. The predicted molar refractivity (Wildman–Crippen MR) is 91.8 cm³/mol. The SMILES string of the molecule is CC(C(CC1CCCCC1)C(=O)O)P(=O)(O)Cc1ccccc1. The van der Waals surface area contributed by atoms with Crippen molar-refractivity contribution in [1.82, 2.24) is 0 Å². The second kappa shape index (κ2) is 8.12. The predicted octanol–water partition coefficient (Wildman–Crippen LogP) is 4.52. The van der Waals surface area contributed by atoms with Gasteiger partial charge in [-0.1, -0.05) is 69.4 Å². The minimum atomic E-state index is -3.56. The van der Waals surface area contributed by atoms with E-state index < -0.39 is 24.9 Å². The van der Waals surface area contributed by atoms with Crippen molar-refractivity contribution in [2.75, 3.05) is 0 Å². The molecule has 1 aromatic rings. The van der Waals surface area contributed by atoms with Crippen LogP contribution in [0.2, 0.25) is 0 Å². The largest absolute Gasteiger partial charge is 0.481 e. The maximum Gasteiger partial charge on any atom is 0.307 e. The number of hydrogen-bond donors (Lipinski definition) is 2. The Morgan fingerprint density at radius 3 is 2.39 bits per heavy atom. The Bertz CT molecular complexity index is 551. The van der Waals surface area contributed by atoms with Crippen molar-refractivity contribution < 1.29 is 19.4 Å². The molecule has 5 heteroatoms. The molecular weight excluding hydrogens is 311 g/mol. The number of rotatable bonds is 7. The minimum Gasteiger partial charge on any atom is -0.481 e. The summed E-state index contributed by atoms with van der Waals surface area (Å²) in [5.41, 5.74) is 0.0640. The van der Waals surface area contributed by atoms with Crippen LogP contribution in [0, 0.1) is 11.8 Å². The van der Waals surface area contributed by atoms with Crippen molar-refractivity contribution in [3.63, 3.8) is 0 Å². The van der Waals surface area contributed by atoms with Gasteiger partial charge in [0.25, 0.3) is 0 Å². The molecule has 128 valence electrons. The zero-order valence-corrected chi connectivity index (χ0v) is 14.6. The summed E-state index contributed by atoms with van der Waals surface area (Å²) in [4.78, 5) is 22.2. The third kappa shape index (κ3) is 5.19. The molecule has 0 spiro atoms. The molecule has 0 heterocycles. The molecule has 1 aliphatic rings. The van der Waals surface area contributed by atoms with Crippen molar-refractivity contribution in [2.45, 2.75) is 57.3 Å². The smallest absolute Gasteiger partial charge is 0.307 e. The summed E-state index contributed by atoms with van der Waals surface area (Å²) in [5.74, 6) is -1.30. The van der Waals surface area contributed by atoms with Gasteiger partial charge in [0.15, 0.2) is 0 Å². The van der Waals surface area contributed by atoms with E-state index in [1.807, 2.05) is 30.3 Å². The Labute approximate surface area is 138 Å². The highest BCUT2D eigenvalue weighted by Crippen LogP contribution is 2.53. The van der Waals surface area contributed by atoms with Crippen molar-refractivity contribution in [1.29, 1.82) is 0 Å². The molecule has 0 aliphatic heterocycles. The van der Waals surface area contributed by atoms with Gasteiger partial charge in [0.2, 0.25) is 7.37 Å². The Morgan fingerprint density at radius 1 is 1.22 bits per heavy atom. The van der Waals surface area contributed by atoms with Gasteiger partial charge in [-0.15, -0.1) is 0 Å². The number of hydrogen-bond acceptors (Lipinski definition) is 2. The average molecular weight is 338 g/mol. The van der Waals surface area contributed by atoms with Gasteiger partial charge in [-0.05, 0) is 17.9 Å². The Hall–Kier alpha value is -1.12. The van der Waals surface area contributed by atoms with Gasteiger partial charge >= 0.3 is 5.97 Å². The molecule has 0 saturated heterocycles. The number of carbonyl (C=O) groups is 1. The van der Waals surface area contributed by atoms with Crippen LogP contribution in [0.1, 0.15) is 51.0 Å².